The number of fused-ring (bicyclic) bond motifs is 2. The lowest BCUT2D eigenvalue weighted by atomic mass is 10.0. The number of benzene rings is 1. The van der Waals surface area contributed by atoms with Gasteiger partial charge in [0.15, 0.2) is 5.82 Å². The molecule has 136 valence electrons. The van der Waals surface area contributed by atoms with Crippen molar-refractivity contribution >= 4 is 33.3 Å². The lowest BCUT2D eigenvalue weighted by Gasteiger charge is -2.14. The van der Waals surface area contributed by atoms with Crippen LogP contribution in [0.2, 0.25) is 5.02 Å². The summed E-state index contributed by atoms with van der Waals surface area (Å²) < 4.78 is 20.7. The Balaban J connectivity index is 2.14. The summed E-state index contributed by atoms with van der Waals surface area (Å²) in [7, 11) is 1.45. The van der Waals surface area contributed by atoms with E-state index < -0.39 is 5.82 Å². The van der Waals surface area contributed by atoms with Crippen molar-refractivity contribution in [3.8, 4) is 17.3 Å². The van der Waals surface area contributed by atoms with Gasteiger partial charge >= 0.3 is 6.01 Å². The maximum absolute atomic E-state index is 15.5. The number of halogens is 2. The van der Waals surface area contributed by atoms with Crippen LogP contribution in [0.25, 0.3) is 32.9 Å². The second-order valence-corrected chi connectivity index (χ2v) is 6.53. The first-order valence-electron chi connectivity index (χ1n) is 8.48. The highest BCUT2D eigenvalue weighted by atomic mass is 35.5. The summed E-state index contributed by atoms with van der Waals surface area (Å²) in [6.07, 6.45) is 3.88. The first-order valence-corrected chi connectivity index (χ1v) is 8.86. The van der Waals surface area contributed by atoms with Gasteiger partial charge in [-0.15, -0.1) is 0 Å². The molecule has 1 aromatic carbocycles. The predicted octanol–water partition coefficient (Wildman–Crippen LogP) is 4.91. The molecule has 4 rings (SSSR count). The van der Waals surface area contributed by atoms with Crippen LogP contribution in [-0.4, -0.2) is 27.0 Å². The minimum Gasteiger partial charge on any atom is -0.467 e. The molecule has 0 aliphatic carbocycles. The molecule has 0 spiro atoms. The smallest absolute Gasteiger partial charge is 0.316 e. The molecule has 3 aromatic heterocycles. The number of aromatic nitrogens is 4. The van der Waals surface area contributed by atoms with Crippen molar-refractivity contribution in [2.24, 2.45) is 0 Å². The minimum absolute atomic E-state index is 0.118. The van der Waals surface area contributed by atoms with Crippen LogP contribution in [0.4, 0.5) is 4.39 Å². The van der Waals surface area contributed by atoms with E-state index in [-0.39, 0.29) is 17.2 Å². The lowest BCUT2D eigenvalue weighted by molar-refractivity contribution is 0.380. The Kier molecular flexibility index (Phi) is 4.36. The highest BCUT2D eigenvalue weighted by Crippen LogP contribution is 2.36. The second-order valence-electron chi connectivity index (χ2n) is 6.12. The molecule has 4 aromatic rings. The van der Waals surface area contributed by atoms with E-state index in [4.69, 9.17) is 16.3 Å². The molecule has 0 aliphatic rings. The molecular weight excluding hydrogens is 367 g/mol. The summed E-state index contributed by atoms with van der Waals surface area (Å²) in [5.41, 5.74) is 2.23. The number of aryl methyl sites for hydroxylation is 2. The van der Waals surface area contributed by atoms with Gasteiger partial charge in [-0.2, -0.15) is 9.97 Å². The maximum Gasteiger partial charge on any atom is 0.316 e. The van der Waals surface area contributed by atoms with E-state index in [0.29, 0.717) is 39.2 Å². The first-order chi connectivity index (χ1) is 13.0. The molecule has 5 nitrogen and oxygen atoms in total. The van der Waals surface area contributed by atoms with Gasteiger partial charge in [0.2, 0.25) is 0 Å². The van der Waals surface area contributed by atoms with Gasteiger partial charge in [-0.1, -0.05) is 30.7 Å². The van der Waals surface area contributed by atoms with E-state index in [9.17, 15) is 0 Å². The van der Waals surface area contributed by atoms with Crippen molar-refractivity contribution in [1.29, 1.82) is 0 Å². The molecular formula is C20H16ClFN4O. The fourth-order valence-electron chi connectivity index (χ4n) is 3.30. The van der Waals surface area contributed by atoms with Crippen molar-refractivity contribution in [2.75, 3.05) is 7.11 Å². The van der Waals surface area contributed by atoms with E-state index in [0.717, 1.165) is 5.39 Å². The Hall–Kier alpha value is -2.86. The van der Waals surface area contributed by atoms with E-state index in [1.54, 1.807) is 25.4 Å². The molecule has 0 saturated heterocycles. The van der Waals surface area contributed by atoms with E-state index in [2.05, 4.69) is 19.9 Å². The number of nitrogens with zero attached hydrogens (tertiary/aromatic N) is 4. The summed E-state index contributed by atoms with van der Waals surface area (Å²) >= 11 is 6.41. The first kappa shape index (κ1) is 17.5. The molecule has 0 saturated carbocycles. The minimum atomic E-state index is -0.541. The van der Waals surface area contributed by atoms with Crippen molar-refractivity contribution in [3.05, 3.63) is 52.8 Å². The number of methoxy groups -OCH3 is 1. The van der Waals surface area contributed by atoms with Crippen molar-refractivity contribution in [3.63, 3.8) is 0 Å². The monoisotopic (exact) mass is 382 g/mol. The van der Waals surface area contributed by atoms with Crippen molar-refractivity contribution < 1.29 is 9.13 Å². The van der Waals surface area contributed by atoms with Gasteiger partial charge in [-0.3, -0.25) is 4.98 Å². The van der Waals surface area contributed by atoms with Crippen LogP contribution in [0, 0.1) is 12.7 Å². The Bertz CT molecular complexity index is 1190. The highest BCUT2D eigenvalue weighted by molar-refractivity contribution is 6.36. The molecule has 0 fully saturated rings. The van der Waals surface area contributed by atoms with Gasteiger partial charge in [0.05, 0.1) is 18.5 Å². The van der Waals surface area contributed by atoms with Crippen LogP contribution in [0.1, 0.15) is 18.3 Å². The van der Waals surface area contributed by atoms with Crippen LogP contribution >= 0.6 is 11.6 Å². The molecule has 7 heteroatoms. The molecule has 0 atom stereocenters. The Labute approximate surface area is 160 Å². The van der Waals surface area contributed by atoms with Gasteiger partial charge in [-0.05, 0) is 19.4 Å². The summed E-state index contributed by atoms with van der Waals surface area (Å²) in [6, 6.07) is 5.60. The van der Waals surface area contributed by atoms with E-state index in [1.807, 2.05) is 19.1 Å². The second kappa shape index (κ2) is 6.70. The average Bonchev–Trinajstić information content (AvgIpc) is 2.68. The predicted molar refractivity (Wildman–Crippen MR) is 104 cm³/mol. The van der Waals surface area contributed by atoms with Gasteiger partial charge in [0, 0.05) is 39.1 Å². The fraction of sp³-hybridized carbons (Fsp3) is 0.200. The molecule has 3 heterocycles. The quantitative estimate of drug-likeness (QED) is 0.503. The summed E-state index contributed by atoms with van der Waals surface area (Å²) in [5.74, 6) is -0.541. The van der Waals surface area contributed by atoms with Crippen LogP contribution in [0.3, 0.4) is 0 Å². The number of hydrogen-bond donors (Lipinski definition) is 0. The molecule has 0 N–H and O–H groups in total. The topological polar surface area (TPSA) is 60.8 Å². The Morgan fingerprint density at radius 3 is 2.67 bits per heavy atom. The number of pyridine rings is 2. The van der Waals surface area contributed by atoms with Gasteiger partial charge in [0.25, 0.3) is 0 Å². The number of hydrogen-bond acceptors (Lipinski definition) is 5. The normalized spacial score (nSPS) is 11.3. The van der Waals surface area contributed by atoms with Crippen molar-refractivity contribution in [2.45, 2.75) is 20.3 Å². The molecule has 27 heavy (non-hydrogen) atoms. The highest BCUT2D eigenvalue weighted by Gasteiger charge is 2.21. The zero-order valence-electron chi connectivity index (χ0n) is 15.0. The lowest BCUT2D eigenvalue weighted by Crippen LogP contribution is -2.04. The Morgan fingerprint density at radius 2 is 1.93 bits per heavy atom. The maximum atomic E-state index is 15.5. The van der Waals surface area contributed by atoms with E-state index in [1.165, 1.54) is 7.11 Å². The summed E-state index contributed by atoms with van der Waals surface area (Å²) in [4.78, 5) is 17.3. The Morgan fingerprint density at radius 1 is 1.11 bits per heavy atom. The largest absolute Gasteiger partial charge is 0.467 e. The van der Waals surface area contributed by atoms with Crippen LogP contribution in [-0.2, 0) is 6.42 Å². The zero-order chi connectivity index (χ0) is 19.1. The third kappa shape index (κ3) is 2.77. The molecule has 0 unspecified atom stereocenters. The van der Waals surface area contributed by atoms with E-state index >= 15 is 4.39 Å². The van der Waals surface area contributed by atoms with Gasteiger partial charge in [-0.25, -0.2) is 9.37 Å². The fourth-order valence-corrected chi connectivity index (χ4v) is 3.58. The number of rotatable bonds is 3. The molecule has 0 bridgehead atoms. The molecule has 0 amide bonds. The third-order valence-corrected chi connectivity index (χ3v) is 4.84. The van der Waals surface area contributed by atoms with Gasteiger partial charge < -0.3 is 4.74 Å². The van der Waals surface area contributed by atoms with Crippen molar-refractivity contribution in [1.82, 2.24) is 19.9 Å². The third-order valence-electron chi connectivity index (χ3n) is 4.53. The van der Waals surface area contributed by atoms with Crippen LogP contribution in [0.5, 0.6) is 6.01 Å². The SMILES string of the molecule is CCc1nc(-c2cncc3cccc(Cl)c23)c(F)c2nc(OC)nc(C)c12. The average molecular weight is 383 g/mol. The zero-order valence-corrected chi connectivity index (χ0v) is 15.8. The molecule has 0 radical (unpaired) electrons. The summed E-state index contributed by atoms with van der Waals surface area (Å²) in [5, 5.41) is 2.65. The van der Waals surface area contributed by atoms with Gasteiger partial charge in [0.1, 0.15) is 11.2 Å². The summed E-state index contributed by atoms with van der Waals surface area (Å²) in [6.45, 7) is 3.75. The van der Waals surface area contributed by atoms with Crippen LogP contribution in [0.15, 0.2) is 30.6 Å². The van der Waals surface area contributed by atoms with Crippen LogP contribution < -0.4 is 4.74 Å². The molecule has 0 aliphatic heterocycles. The number of ether oxygens (including phenoxy) is 1. The standard InChI is InChI=1S/C20H16ClFN4O/c1-4-14-15-10(2)24-20(27-3)26-19(15)17(22)18(25-14)12-9-23-8-11-6-5-7-13(21)16(11)12/h5-9H,4H2,1-3H3.